The van der Waals surface area contributed by atoms with Crippen molar-refractivity contribution in [2.45, 2.75) is 31.1 Å². The highest BCUT2D eigenvalue weighted by Gasteiger charge is 2.17. The molecule has 0 fully saturated rings. The molecule has 1 N–H and O–H groups in total. The van der Waals surface area contributed by atoms with Gasteiger partial charge in [0.15, 0.2) is 5.78 Å². The highest BCUT2D eigenvalue weighted by molar-refractivity contribution is 7.89. The molecule has 1 atom stereocenters. The molecule has 0 amide bonds. The summed E-state index contributed by atoms with van der Waals surface area (Å²) >= 11 is 0. The van der Waals surface area contributed by atoms with E-state index in [-0.39, 0.29) is 10.7 Å². The van der Waals surface area contributed by atoms with Crippen LogP contribution in [0.15, 0.2) is 41.3 Å². The lowest BCUT2D eigenvalue weighted by atomic mass is 9.95. The van der Waals surface area contributed by atoms with Gasteiger partial charge in [-0.2, -0.15) is 0 Å². The summed E-state index contributed by atoms with van der Waals surface area (Å²) < 4.78 is 26.9. The van der Waals surface area contributed by atoms with Gasteiger partial charge in [0, 0.05) is 12.1 Å². The summed E-state index contributed by atoms with van der Waals surface area (Å²) in [4.78, 5) is 11.4. The van der Waals surface area contributed by atoms with Crippen molar-refractivity contribution in [1.82, 2.24) is 4.72 Å². The van der Waals surface area contributed by atoms with Gasteiger partial charge >= 0.3 is 0 Å². The number of nitrogens with one attached hydrogen (secondary N) is 1. The fraction of sp³-hybridized carbons (Fsp3) is 0.400. The molecule has 108 valence electrons. The monoisotopic (exact) mass is 293 g/mol. The zero-order valence-corrected chi connectivity index (χ0v) is 12.3. The molecule has 0 saturated heterocycles. The molecule has 0 aliphatic heterocycles. The molecule has 0 aromatic heterocycles. The van der Waals surface area contributed by atoms with Crippen molar-refractivity contribution < 1.29 is 13.2 Å². The number of sulfonamides is 1. The van der Waals surface area contributed by atoms with Crippen LogP contribution in [-0.2, 0) is 10.0 Å². The van der Waals surface area contributed by atoms with Crippen LogP contribution in [0.5, 0.6) is 0 Å². The van der Waals surface area contributed by atoms with Gasteiger partial charge in [-0.3, -0.25) is 4.79 Å². The van der Waals surface area contributed by atoms with E-state index < -0.39 is 10.0 Å². The zero-order valence-electron chi connectivity index (χ0n) is 11.5. The Morgan fingerprint density at radius 1 is 1.25 bits per heavy atom. The van der Waals surface area contributed by atoms with Gasteiger partial charge in [-0.15, -0.1) is 0 Å². The molecule has 0 saturated carbocycles. The summed E-state index contributed by atoms with van der Waals surface area (Å²) in [5.74, 6) is 0.294. The quantitative estimate of drug-likeness (QED) is 0.670. The molecule has 1 aliphatic rings. The Labute approximate surface area is 119 Å². The van der Waals surface area contributed by atoms with E-state index in [1.165, 1.54) is 19.1 Å². The molecule has 0 heterocycles. The Bertz CT molecular complexity index is 603. The van der Waals surface area contributed by atoms with Crippen LogP contribution < -0.4 is 4.72 Å². The number of rotatable bonds is 5. The molecule has 1 aromatic carbocycles. The standard InChI is InChI=1S/C15H19NO3S/c1-12(17)14-7-9-15(10-8-14)20(18,19)16-11-13-5-3-2-4-6-13/h2-3,7-10,13,16H,4-6,11H2,1H3. The Kier molecular flexibility index (Phi) is 4.73. The number of benzene rings is 1. The predicted molar refractivity (Wildman–Crippen MR) is 78.1 cm³/mol. The van der Waals surface area contributed by atoms with Crippen molar-refractivity contribution in [1.29, 1.82) is 0 Å². The van der Waals surface area contributed by atoms with Gasteiger partial charge in [0.25, 0.3) is 0 Å². The van der Waals surface area contributed by atoms with E-state index in [2.05, 4.69) is 16.9 Å². The summed E-state index contributed by atoms with van der Waals surface area (Å²) in [5, 5.41) is 0. The van der Waals surface area contributed by atoms with Crippen LogP contribution in [0.4, 0.5) is 0 Å². The van der Waals surface area contributed by atoms with Crippen LogP contribution in [0.3, 0.4) is 0 Å². The van der Waals surface area contributed by atoms with E-state index in [9.17, 15) is 13.2 Å². The SMILES string of the molecule is CC(=O)c1ccc(S(=O)(=O)NCC2CC=CCC2)cc1. The first-order valence-corrected chi connectivity index (χ1v) is 8.23. The van der Waals surface area contributed by atoms with Crippen molar-refractivity contribution in [3.63, 3.8) is 0 Å². The van der Waals surface area contributed by atoms with Gasteiger partial charge in [-0.25, -0.2) is 13.1 Å². The third-order valence-electron chi connectivity index (χ3n) is 3.51. The molecule has 20 heavy (non-hydrogen) atoms. The van der Waals surface area contributed by atoms with Crippen LogP contribution in [-0.4, -0.2) is 20.7 Å². The number of carbonyl (C=O) groups excluding carboxylic acids is 1. The van der Waals surface area contributed by atoms with Crippen molar-refractivity contribution in [3.05, 3.63) is 42.0 Å². The number of allylic oxidation sites excluding steroid dienone is 2. The molecule has 1 unspecified atom stereocenters. The number of Topliss-reactive ketones (excluding diaryl/α,β-unsaturated/α-hetero) is 1. The normalized spacial score (nSPS) is 18.9. The smallest absolute Gasteiger partial charge is 0.240 e. The van der Waals surface area contributed by atoms with Crippen LogP contribution in [0, 0.1) is 5.92 Å². The van der Waals surface area contributed by atoms with Crippen LogP contribution in [0.2, 0.25) is 0 Å². The first-order chi connectivity index (χ1) is 9.49. The molecule has 2 rings (SSSR count). The highest BCUT2D eigenvalue weighted by Crippen LogP contribution is 2.18. The van der Waals surface area contributed by atoms with Crippen LogP contribution in [0.1, 0.15) is 36.5 Å². The number of hydrogen-bond acceptors (Lipinski definition) is 3. The lowest BCUT2D eigenvalue weighted by Gasteiger charge is -2.18. The average Bonchev–Trinajstić information content (AvgIpc) is 2.46. The van der Waals surface area contributed by atoms with Crippen molar-refractivity contribution in [3.8, 4) is 0 Å². The van der Waals surface area contributed by atoms with Gasteiger partial charge in [0.2, 0.25) is 10.0 Å². The second kappa shape index (κ2) is 6.33. The Hall–Kier alpha value is -1.46. The largest absolute Gasteiger partial charge is 0.295 e. The Morgan fingerprint density at radius 3 is 2.50 bits per heavy atom. The van der Waals surface area contributed by atoms with E-state index in [1.54, 1.807) is 12.1 Å². The van der Waals surface area contributed by atoms with E-state index >= 15 is 0 Å². The van der Waals surface area contributed by atoms with E-state index in [0.29, 0.717) is 18.0 Å². The van der Waals surface area contributed by atoms with E-state index in [4.69, 9.17) is 0 Å². The lowest BCUT2D eigenvalue weighted by molar-refractivity contribution is 0.101. The van der Waals surface area contributed by atoms with Gasteiger partial charge < -0.3 is 0 Å². The third-order valence-corrected chi connectivity index (χ3v) is 4.95. The minimum Gasteiger partial charge on any atom is -0.295 e. The minimum absolute atomic E-state index is 0.0732. The van der Waals surface area contributed by atoms with Gasteiger partial charge in [0.1, 0.15) is 0 Å². The van der Waals surface area contributed by atoms with E-state index in [1.807, 2.05) is 0 Å². The molecule has 1 aliphatic carbocycles. The predicted octanol–water partition coefficient (Wildman–Crippen LogP) is 2.52. The Morgan fingerprint density at radius 2 is 1.95 bits per heavy atom. The molecule has 0 spiro atoms. The average molecular weight is 293 g/mol. The number of ketones is 1. The van der Waals surface area contributed by atoms with E-state index in [0.717, 1.165) is 19.3 Å². The van der Waals surface area contributed by atoms with Crippen LogP contribution >= 0.6 is 0 Å². The lowest BCUT2D eigenvalue weighted by Crippen LogP contribution is -2.29. The second-order valence-electron chi connectivity index (χ2n) is 5.08. The topological polar surface area (TPSA) is 63.2 Å². The second-order valence-corrected chi connectivity index (χ2v) is 6.85. The summed E-state index contributed by atoms with van der Waals surface area (Å²) in [6.45, 7) is 1.92. The summed E-state index contributed by atoms with van der Waals surface area (Å²) in [6, 6.07) is 6.03. The fourth-order valence-corrected chi connectivity index (χ4v) is 3.34. The number of hydrogen-bond donors (Lipinski definition) is 1. The zero-order chi connectivity index (χ0) is 14.6. The highest BCUT2D eigenvalue weighted by atomic mass is 32.2. The molecular formula is C15H19NO3S. The van der Waals surface area contributed by atoms with Crippen LogP contribution in [0.25, 0.3) is 0 Å². The molecule has 5 heteroatoms. The first-order valence-electron chi connectivity index (χ1n) is 6.75. The van der Waals surface area contributed by atoms with Crippen molar-refractivity contribution in [2.75, 3.05) is 6.54 Å². The molecule has 0 bridgehead atoms. The van der Waals surface area contributed by atoms with Crippen molar-refractivity contribution in [2.24, 2.45) is 5.92 Å². The maximum atomic E-state index is 12.1. The maximum absolute atomic E-state index is 12.1. The van der Waals surface area contributed by atoms with Gasteiger partial charge in [0.05, 0.1) is 4.90 Å². The fourth-order valence-electron chi connectivity index (χ4n) is 2.22. The summed E-state index contributed by atoms with van der Waals surface area (Å²) in [7, 11) is -3.49. The molecule has 1 aromatic rings. The van der Waals surface area contributed by atoms with Gasteiger partial charge in [-0.1, -0.05) is 24.3 Å². The summed E-state index contributed by atoms with van der Waals surface area (Å²) in [5.41, 5.74) is 0.515. The molecular weight excluding hydrogens is 274 g/mol. The Balaban J connectivity index is 2.02. The van der Waals surface area contributed by atoms with Gasteiger partial charge in [-0.05, 0) is 44.2 Å². The first kappa shape index (κ1) is 14.9. The molecule has 4 nitrogen and oxygen atoms in total. The maximum Gasteiger partial charge on any atom is 0.240 e. The van der Waals surface area contributed by atoms with Crippen molar-refractivity contribution >= 4 is 15.8 Å². The number of carbonyl (C=O) groups is 1. The summed E-state index contributed by atoms with van der Waals surface area (Å²) in [6.07, 6.45) is 7.18. The molecule has 0 radical (unpaired) electrons. The third kappa shape index (κ3) is 3.77. The minimum atomic E-state index is -3.49.